The first-order valence-corrected chi connectivity index (χ1v) is 7.05. The van der Waals surface area contributed by atoms with Gasteiger partial charge in [0.15, 0.2) is 0 Å². The van der Waals surface area contributed by atoms with Gasteiger partial charge in [-0.1, -0.05) is 28.1 Å². The Morgan fingerprint density at radius 1 is 1.37 bits per heavy atom. The molecular formula is C14H14BrN3O. The molecule has 0 bridgehead atoms. The van der Waals surface area contributed by atoms with Crippen molar-refractivity contribution in [3.63, 3.8) is 0 Å². The highest BCUT2D eigenvalue weighted by atomic mass is 79.9. The maximum atomic E-state index is 12.0. The van der Waals surface area contributed by atoms with Crippen LogP contribution >= 0.6 is 15.9 Å². The number of amides is 1. The smallest absolute Gasteiger partial charge is 0.224 e. The molecule has 0 unspecified atom stereocenters. The third kappa shape index (κ3) is 2.87. The van der Waals surface area contributed by atoms with Gasteiger partial charge in [0.1, 0.15) is 0 Å². The van der Waals surface area contributed by atoms with E-state index in [1.807, 2.05) is 18.2 Å². The summed E-state index contributed by atoms with van der Waals surface area (Å²) in [5.41, 5.74) is 2.17. The molecule has 1 saturated carbocycles. The minimum absolute atomic E-state index is 0.115. The fourth-order valence-corrected chi connectivity index (χ4v) is 2.52. The summed E-state index contributed by atoms with van der Waals surface area (Å²) in [5.74, 6) is 0.612. The molecule has 98 valence electrons. The van der Waals surface area contributed by atoms with Crippen LogP contribution in [-0.4, -0.2) is 16.1 Å². The summed E-state index contributed by atoms with van der Waals surface area (Å²) in [4.78, 5) is 12.0. The van der Waals surface area contributed by atoms with E-state index in [4.69, 9.17) is 0 Å². The van der Waals surface area contributed by atoms with Crippen molar-refractivity contribution in [2.24, 2.45) is 5.92 Å². The Kier molecular flexibility index (Phi) is 3.38. The molecule has 0 aliphatic heterocycles. The normalized spacial score (nSPS) is 21.1. The third-order valence-corrected chi connectivity index (χ3v) is 3.97. The predicted molar refractivity (Wildman–Crippen MR) is 75.4 cm³/mol. The van der Waals surface area contributed by atoms with Gasteiger partial charge in [-0.15, -0.1) is 0 Å². The average Bonchev–Trinajstić information content (AvgIpc) is 3.05. The van der Waals surface area contributed by atoms with Crippen molar-refractivity contribution < 1.29 is 4.79 Å². The van der Waals surface area contributed by atoms with Crippen LogP contribution in [0.4, 0.5) is 0 Å². The van der Waals surface area contributed by atoms with Gasteiger partial charge in [0.25, 0.3) is 0 Å². The van der Waals surface area contributed by atoms with Crippen LogP contribution in [0.2, 0.25) is 0 Å². The van der Waals surface area contributed by atoms with Crippen LogP contribution < -0.4 is 5.32 Å². The summed E-state index contributed by atoms with van der Waals surface area (Å²) >= 11 is 3.42. The second-order valence-corrected chi connectivity index (χ2v) is 5.72. The van der Waals surface area contributed by atoms with E-state index in [1.54, 1.807) is 6.20 Å². The monoisotopic (exact) mass is 319 g/mol. The summed E-state index contributed by atoms with van der Waals surface area (Å²) in [6.07, 6.45) is 2.62. The predicted octanol–water partition coefficient (Wildman–Crippen LogP) is 2.59. The van der Waals surface area contributed by atoms with Crippen LogP contribution in [0, 0.1) is 5.92 Å². The molecule has 4 nitrogen and oxygen atoms in total. The SMILES string of the molecule is O=C(NCc1ccn[nH]1)[C@H]1C[C@@H]1c1ccc(Br)cc1. The minimum Gasteiger partial charge on any atom is -0.350 e. The quantitative estimate of drug-likeness (QED) is 0.910. The number of nitrogens with zero attached hydrogens (tertiary/aromatic N) is 1. The number of nitrogens with one attached hydrogen (secondary N) is 2. The van der Waals surface area contributed by atoms with Crippen LogP contribution in [0.1, 0.15) is 23.6 Å². The van der Waals surface area contributed by atoms with Crippen LogP contribution in [0.5, 0.6) is 0 Å². The molecule has 0 radical (unpaired) electrons. The Labute approximate surface area is 119 Å². The molecule has 2 N–H and O–H groups in total. The number of H-pyrrole nitrogens is 1. The Morgan fingerprint density at radius 2 is 2.16 bits per heavy atom. The molecular weight excluding hydrogens is 306 g/mol. The Morgan fingerprint density at radius 3 is 2.84 bits per heavy atom. The minimum atomic E-state index is 0.115. The Bertz CT molecular complexity index is 565. The van der Waals surface area contributed by atoms with Crippen molar-refractivity contribution in [1.29, 1.82) is 0 Å². The number of hydrogen-bond acceptors (Lipinski definition) is 2. The van der Waals surface area contributed by atoms with Crippen LogP contribution in [-0.2, 0) is 11.3 Å². The first-order valence-electron chi connectivity index (χ1n) is 6.25. The lowest BCUT2D eigenvalue weighted by atomic mass is 10.1. The van der Waals surface area contributed by atoms with E-state index in [1.165, 1.54) is 5.56 Å². The topological polar surface area (TPSA) is 57.8 Å². The van der Waals surface area contributed by atoms with Crippen molar-refractivity contribution in [2.45, 2.75) is 18.9 Å². The maximum Gasteiger partial charge on any atom is 0.224 e. The maximum absolute atomic E-state index is 12.0. The molecule has 1 aromatic heterocycles. The van der Waals surface area contributed by atoms with E-state index in [-0.39, 0.29) is 11.8 Å². The molecule has 3 rings (SSSR count). The van der Waals surface area contributed by atoms with E-state index in [0.717, 1.165) is 16.6 Å². The molecule has 1 fully saturated rings. The fraction of sp³-hybridized carbons (Fsp3) is 0.286. The molecule has 1 aliphatic carbocycles. The third-order valence-electron chi connectivity index (χ3n) is 3.44. The average molecular weight is 320 g/mol. The molecule has 0 spiro atoms. The highest BCUT2D eigenvalue weighted by molar-refractivity contribution is 9.10. The number of aromatic amines is 1. The summed E-state index contributed by atoms with van der Waals surface area (Å²) in [6, 6.07) is 10.1. The molecule has 1 aromatic carbocycles. The van der Waals surface area contributed by atoms with Gasteiger partial charge >= 0.3 is 0 Å². The number of carbonyl (C=O) groups is 1. The van der Waals surface area contributed by atoms with Gasteiger partial charge in [-0.3, -0.25) is 9.89 Å². The molecule has 2 atom stereocenters. The lowest BCUT2D eigenvalue weighted by molar-refractivity contribution is -0.122. The molecule has 2 aromatic rings. The van der Waals surface area contributed by atoms with E-state index in [9.17, 15) is 4.79 Å². The molecule has 5 heteroatoms. The number of aromatic nitrogens is 2. The van der Waals surface area contributed by atoms with Gasteiger partial charge in [-0.05, 0) is 36.1 Å². The fourth-order valence-electron chi connectivity index (χ4n) is 2.26. The molecule has 1 aliphatic rings. The van der Waals surface area contributed by atoms with E-state index in [0.29, 0.717) is 12.5 Å². The summed E-state index contributed by atoms with van der Waals surface area (Å²) in [7, 11) is 0. The number of hydrogen-bond donors (Lipinski definition) is 2. The molecule has 0 saturated heterocycles. The lowest BCUT2D eigenvalue weighted by Crippen LogP contribution is -2.25. The number of carbonyl (C=O) groups excluding carboxylic acids is 1. The van der Waals surface area contributed by atoms with Gasteiger partial charge in [-0.25, -0.2) is 0 Å². The van der Waals surface area contributed by atoms with Gasteiger partial charge < -0.3 is 5.32 Å². The second kappa shape index (κ2) is 5.17. The highest BCUT2D eigenvalue weighted by Gasteiger charge is 2.43. The van der Waals surface area contributed by atoms with Crippen LogP contribution in [0.25, 0.3) is 0 Å². The van der Waals surface area contributed by atoms with Gasteiger partial charge in [0, 0.05) is 16.6 Å². The molecule has 1 amide bonds. The Balaban J connectivity index is 1.54. The first kappa shape index (κ1) is 12.4. The summed E-state index contributed by atoms with van der Waals surface area (Å²) in [5, 5.41) is 9.62. The van der Waals surface area contributed by atoms with Crippen molar-refractivity contribution in [1.82, 2.24) is 15.5 Å². The first-order chi connectivity index (χ1) is 9.24. The van der Waals surface area contributed by atoms with E-state index >= 15 is 0 Å². The van der Waals surface area contributed by atoms with Crippen LogP contribution in [0.15, 0.2) is 41.0 Å². The van der Waals surface area contributed by atoms with Crippen LogP contribution in [0.3, 0.4) is 0 Å². The number of rotatable bonds is 4. The zero-order chi connectivity index (χ0) is 13.2. The molecule has 19 heavy (non-hydrogen) atoms. The van der Waals surface area contributed by atoms with Crippen molar-refractivity contribution in [3.8, 4) is 0 Å². The van der Waals surface area contributed by atoms with E-state index < -0.39 is 0 Å². The second-order valence-electron chi connectivity index (χ2n) is 4.80. The van der Waals surface area contributed by atoms with Gasteiger partial charge in [0.2, 0.25) is 5.91 Å². The summed E-state index contributed by atoms with van der Waals surface area (Å²) < 4.78 is 1.07. The van der Waals surface area contributed by atoms with E-state index in [2.05, 4.69) is 43.6 Å². The zero-order valence-corrected chi connectivity index (χ0v) is 11.9. The van der Waals surface area contributed by atoms with Crippen molar-refractivity contribution in [3.05, 3.63) is 52.3 Å². The largest absolute Gasteiger partial charge is 0.350 e. The zero-order valence-electron chi connectivity index (χ0n) is 10.3. The van der Waals surface area contributed by atoms with Crippen molar-refractivity contribution in [2.75, 3.05) is 0 Å². The standard InChI is InChI=1S/C14H14BrN3O/c15-10-3-1-9(2-4-10)12-7-13(12)14(19)16-8-11-5-6-17-18-11/h1-6,12-13H,7-8H2,(H,16,19)(H,17,18)/t12-,13+/m1/s1. The highest BCUT2D eigenvalue weighted by Crippen LogP contribution is 2.47. The summed E-state index contributed by atoms with van der Waals surface area (Å²) in [6.45, 7) is 0.516. The lowest BCUT2D eigenvalue weighted by Gasteiger charge is -2.03. The number of benzene rings is 1. The number of halogens is 1. The Hall–Kier alpha value is -1.62. The van der Waals surface area contributed by atoms with Crippen molar-refractivity contribution >= 4 is 21.8 Å². The van der Waals surface area contributed by atoms with Gasteiger partial charge in [-0.2, -0.15) is 5.10 Å². The molecule has 1 heterocycles. The van der Waals surface area contributed by atoms with Gasteiger partial charge in [0.05, 0.1) is 12.2 Å².